The highest BCUT2D eigenvalue weighted by molar-refractivity contribution is 5.58. The maximum Gasteiger partial charge on any atom is 0.142 e. The lowest BCUT2D eigenvalue weighted by Gasteiger charge is -2.36. The van der Waals surface area contributed by atoms with Crippen molar-refractivity contribution in [2.24, 2.45) is 0 Å². The van der Waals surface area contributed by atoms with Gasteiger partial charge >= 0.3 is 0 Å². The van der Waals surface area contributed by atoms with Crippen molar-refractivity contribution in [1.82, 2.24) is 4.90 Å². The normalized spacial score (nSPS) is 15.5. The molecule has 2 aromatic carbocycles. The van der Waals surface area contributed by atoms with Crippen LogP contribution in [0, 0.1) is 0 Å². The summed E-state index contributed by atoms with van der Waals surface area (Å²) >= 11 is 0. The third kappa shape index (κ3) is 3.59. The Bertz CT molecular complexity index is 637. The largest absolute Gasteiger partial charge is 0.496 e. The van der Waals surface area contributed by atoms with Crippen LogP contribution >= 0.6 is 0 Å². The average Bonchev–Trinajstić information content (AvgIpc) is 2.63. The first-order valence-electron chi connectivity index (χ1n) is 8.04. The molecule has 2 aromatic rings. The standard InChI is InChI=1S/C19H24N2O2/c1-22-18-9-5-3-7-16(18)15-20-11-13-21(14-12-20)17-8-4-6-10-19(17)23-2/h3-10H,11-15H2,1-2H3. The predicted molar refractivity (Wildman–Crippen MR) is 93.5 cm³/mol. The first kappa shape index (κ1) is 15.7. The molecule has 0 radical (unpaired) electrons. The maximum absolute atomic E-state index is 5.48. The van der Waals surface area contributed by atoms with E-state index in [1.165, 1.54) is 11.3 Å². The van der Waals surface area contributed by atoms with Gasteiger partial charge in [0.15, 0.2) is 0 Å². The molecule has 0 N–H and O–H groups in total. The first-order chi connectivity index (χ1) is 11.3. The zero-order chi connectivity index (χ0) is 16.1. The van der Waals surface area contributed by atoms with Crippen LogP contribution in [0.2, 0.25) is 0 Å². The van der Waals surface area contributed by atoms with Crippen LogP contribution in [0.15, 0.2) is 48.5 Å². The highest BCUT2D eigenvalue weighted by Crippen LogP contribution is 2.29. The van der Waals surface area contributed by atoms with Gasteiger partial charge in [0, 0.05) is 38.3 Å². The van der Waals surface area contributed by atoms with Crippen LogP contribution < -0.4 is 14.4 Å². The van der Waals surface area contributed by atoms with Gasteiger partial charge in [0.1, 0.15) is 11.5 Å². The molecular formula is C19H24N2O2. The Morgan fingerprint density at radius 1 is 0.783 bits per heavy atom. The van der Waals surface area contributed by atoms with Crippen LogP contribution in [0.3, 0.4) is 0 Å². The van der Waals surface area contributed by atoms with Gasteiger partial charge in [-0.3, -0.25) is 4.90 Å². The lowest BCUT2D eigenvalue weighted by Crippen LogP contribution is -2.46. The van der Waals surface area contributed by atoms with Crippen molar-refractivity contribution in [1.29, 1.82) is 0 Å². The number of para-hydroxylation sites is 3. The smallest absolute Gasteiger partial charge is 0.142 e. The molecule has 0 aliphatic carbocycles. The van der Waals surface area contributed by atoms with Crippen molar-refractivity contribution in [3.8, 4) is 11.5 Å². The average molecular weight is 312 g/mol. The number of ether oxygens (including phenoxy) is 2. The van der Waals surface area contributed by atoms with Crippen LogP contribution in [0.4, 0.5) is 5.69 Å². The van der Waals surface area contributed by atoms with Crippen molar-refractivity contribution < 1.29 is 9.47 Å². The third-order valence-corrected chi connectivity index (χ3v) is 4.38. The minimum Gasteiger partial charge on any atom is -0.496 e. The topological polar surface area (TPSA) is 24.9 Å². The Morgan fingerprint density at radius 3 is 2.09 bits per heavy atom. The van der Waals surface area contributed by atoms with Gasteiger partial charge in [-0.15, -0.1) is 0 Å². The molecule has 0 unspecified atom stereocenters. The fourth-order valence-electron chi connectivity index (χ4n) is 3.11. The minimum atomic E-state index is 0.934. The number of hydrogen-bond acceptors (Lipinski definition) is 4. The number of rotatable bonds is 5. The molecule has 4 heteroatoms. The fraction of sp³-hybridized carbons (Fsp3) is 0.368. The van der Waals surface area contributed by atoms with E-state index in [1.807, 2.05) is 24.3 Å². The number of hydrogen-bond donors (Lipinski definition) is 0. The zero-order valence-corrected chi connectivity index (χ0v) is 13.9. The number of anilines is 1. The molecule has 0 saturated carbocycles. The molecule has 3 rings (SSSR count). The summed E-state index contributed by atoms with van der Waals surface area (Å²) in [5, 5.41) is 0. The monoisotopic (exact) mass is 312 g/mol. The third-order valence-electron chi connectivity index (χ3n) is 4.38. The molecule has 0 bridgehead atoms. The van der Waals surface area contributed by atoms with Gasteiger partial charge in [-0.05, 0) is 18.2 Å². The molecule has 1 aliphatic rings. The van der Waals surface area contributed by atoms with Crippen molar-refractivity contribution in [3.05, 3.63) is 54.1 Å². The molecule has 0 atom stereocenters. The highest BCUT2D eigenvalue weighted by atomic mass is 16.5. The molecule has 0 amide bonds. The van der Waals surface area contributed by atoms with E-state index in [2.05, 4.69) is 34.1 Å². The van der Waals surface area contributed by atoms with E-state index in [1.54, 1.807) is 14.2 Å². The van der Waals surface area contributed by atoms with E-state index in [9.17, 15) is 0 Å². The molecule has 1 aliphatic heterocycles. The Kier molecular flexibility index (Phi) is 5.03. The Balaban J connectivity index is 1.62. The SMILES string of the molecule is COc1ccccc1CN1CCN(c2ccccc2OC)CC1. The van der Waals surface area contributed by atoms with Crippen LogP contribution in [0.5, 0.6) is 11.5 Å². The molecule has 1 fully saturated rings. The first-order valence-corrected chi connectivity index (χ1v) is 8.04. The summed E-state index contributed by atoms with van der Waals surface area (Å²) in [6.45, 7) is 5.03. The second-order valence-electron chi connectivity index (χ2n) is 5.75. The summed E-state index contributed by atoms with van der Waals surface area (Å²) in [4.78, 5) is 4.88. The summed E-state index contributed by atoms with van der Waals surface area (Å²) in [5.74, 6) is 1.92. The number of methoxy groups -OCH3 is 2. The van der Waals surface area contributed by atoms with Crippen LogP contribution in [0.25, 0.3) is 0 Å². The second kappa shape index (κ2) is 7.38. The fourth-order valence-corrected chi connectivity index (χ4v) is 3.11. The van der Waals surface area contributed by atoms with E-state index in [0.29, 0.717) is 0 Å². The van der Waals surface area contributed by atoms with Crippen molar-refractivity contribution in [2.75, 3.05) is 45.3 Å². The van der Waals surface area contributed by atoms with E-state index in [-0.39, 0.29) is 0 Å². The lowest BCUT2D eigenvalue weighted by atomic mass is 10.1. The quantitative estimate of drug-likeness (QED) is 0.847. The summed E-state index contributed by atoms with van der Waals surface area (Å²) < 4.78 is 10.9. The minimum absolute atomic E-state index is 0.934. The van der Waals surface area contributed by atoms with E-state index >= 15 is 0 Å². The van der Waals surface area contributed by atoms with E-state index < -0.39 is 0 Å². The number of nitrogens with zero attached hydrogens (tertiary/aromatic N) is 2. The number of piperazine rings is 1. The molecule has 0 aromatic heterocycles. The maximum atomic E-state index is 5.48. The molecule has 122 valence electrons. The lowest BCUT2D eigenvalue weighted by molar-refractivity contribution is 0.245. The van der Waals surface area contributed by atoms with Crippen LogP contribution in [0.1, 0.15) is 5.56 Å². The van der Waals surface area contributed by atoms with Gasteiger partial charge in [0.25, 0.3) is 0 Å². The summed E-state index contributed by atoms with van der Waals surface area (Å²) in [6, 6.07) is 16.5. The van der Waals surface area contributed by atoms with Crippen molar-refractivity contribution in [2.45, 2.75) is 6.54 Å². The Labute approximate surface area is 138 Å². The molecule has 4 nitrogen and oxygen atoms in total. The molecule has 0 spiro atoms. The van der Waals surface area contributed by atoms with E-state index in [0.717, 1.165) is 44.2 Å². The number of benzene rings is 2. The highest BCUT2D eigenvalue weighted by Gasteiger charge is 2.20. The Morgan fingerprint density at radius 2 is 1.39 bits per heavy atom. The summed E-state index contributed by atoms with van der Waals surface area (Å²) in [6.07, 6.45) is 0. The van der Waals surface area contributed by atoms with Gasteiger partial charge in [0.05, 0.1) is 19.9 Å². The van der Waals surface area contributed by atoms with Crippen LogP contribution in [-0.2, 0) is 6.54 Å². The van der Waals surface area contributed by atoms with Crippen molar-refractivity contribution in [3.63, 3.8) is 0 Å². The summed E-state index contributed by atoms with van der Waals surface area (Å²) in [5.41, 5.74) is 2.44. The molecular weight excluding hydrogens is 288 g/mol. The second-order valence-corrected chi connectivity index (χ2v) is 5.75. The van der Waals surface area contributed by atoms with Crippen LogP contribution in [-0.4, -0.2) is 45.3 Å². The molecule has 1 heterocycles. The van der Waals surface area contributed by atoms with Gasteiger partial charge in [-0.25, -0.2) is 0 Å². The van der Waals surface area contributed by atoms with Gasteiger partial charge in [0.2, 0.25) is 0 Å². The van der Waals surface area contributed by atoms with Gasteiger partial charge in [-0.2, -0.15) is 0 Å². The predicted octanol–water partition coefficient (Wildman–Crippen LogP) is 3.03. The van der Waals surface area contributed by atoms with Gasteiger partial charge in [-0.1, -0.05) is 30.3 Å². The van der Waals surface area contributed by atoms with Gasteiger partial charge < -0.3 is 14.4 Å². The molecule has 1 saturated heterocycles. The van der Waals surface area contributed by atoms with E-state index in [4.69, 9.17) is 9.47 Å². The Hall–Kier alpha value is -2.20. The van der Waals surface area contributed by atoms with Crippen molar-refractivity contribution >= 4 is 5.69 Å². The summed E-state index contributed by atoms with van der Waals surface area (Å²) in [7, 11) is 3.47. The molecule has 23 heavy (non-hydrogen) atoms. The zero-order valence-electron chi connectivity index (χ0n) is 13.9.